The van der Waals surface area contributed by atoms with Gasteiger partial charge in [0, 0.05) is 41.9 Å². The Bertz CT molecular complexity index is 1240. The second-order valence-corrected chi connectivity index (χ2v) is 11.2. The minimum atomic E-state index is -3.61. The van der Waals surface area contributed by atoms with Crippen molar-refractivity contribution in [1.82, 2.24) is 9.97 Å². The SMILES string of the molecule is CC(O)(Cc1cc2ccncc2[nH]1)CC(C)(c1cc(S(C)(=O)=O)cc2c1OCC2)C(F)F. The molecule has 32 heavy (non-hydrogen) atoms. The minimum absolute atomic E-state index is 0.0219. The molecule has 172 valence electrons. The maximum Gasteiger partial charge on any atom is 0.248 e. The lowest BCUT2D eigenvalue weighted by Crippen LogP contribution is -2.42. The zero-order valence-corrected chi connectivity index (χ0v) is 19.0. The quantitative estimate of drug-likeness (QED) is 0.555. The first-order valence-corrected chi connectivity index (χ1v) is 12.2. The molecule has 0 bridgehead atoms. The number of halogens is 2. The molecular weight excluding hydrogens is 438 g/mol. The van der Waals surface area contributed by atoms with E-state index in [1.165, 1.54) is 26.0 Å². The van der Waals surface area contributed by atoms with Crippen LogP contribution in [0.1, 0.15) is 37.1 Å². The number of hydrogen-bond donors (Lipinski definition) is 2. The lowest BCUT2D eigenvalue weighted by Gasteiger charge is -2.37. The number of ether oxygens (including phenoxy) is 1. The number of aliphatic hydroxyl groups is 1. The Kier molecular flexibility index (Phi) is 5.53. The van der Waals surface area contributed by atoms with Gasteiger partial charge in [0.15, 0.2) is 9.84 Å². The fraction of sp³-hybridized carbons (Fsp3) is 0.435. The number of aromatic amines is 1. The highest BCUT2D eigenvalue weighted by Crippen LogP contribution is 2.46. The average Bonchev–Trinajstić information content (AvgIpc) is 3.31. The minimum Gasteiger partial charge on any atom is -0.493 e. The van der Waals surface area contributed by atoms with E-state index in [9.17, 15) is 22.3 Å². The van der Waals surface area contributed by atoms with Gasteiger partial charge in [-0.05, 0) is 50.1 Å². The van der Waals surface area contributed by atoms with Crippen molar-refractivity contribution < 1.29 is 27.0 Å². The smallest absolute Gasteiger partial charge is 0.248 e. The normalized spacial score (nSPS) is 17.7. The van der Waals surface area contributed by atoms with Crippen LogP contribution >= 0.6 is 0 Å². The molecule has 1 aromatic carbocycles. The number of rotatable bonds is 7. The number of pyridine rings is 1. The number of nitrogens with zero attached hydrogens (tertiary/aromatic N) is 1. The van der Waals surface area contributed by atoms with Crippen LogP contribution in [0.5, 0.6) is 5.75 Å². The molecule has 1 aliphatic rings. The zero-order chi connectivity index (χ0) is 23.3. The Morgan fingerprint density at radius 3 is 2.69 bits per heavy atom. The molecule has 0 radical (unpaired) electrons. The highest BCUT2D eigenvalue weighted by atomic mass is 32.2. The largest absolute Gasteiger partial charge is 0.493 e. The molecule has 2 atom stereocenters. The van der Waals surface area contributed by atoms with Gasteiger partial charge in [-0.1, -0.05) is 0 Å². The summed E-state index contributed by atoms with van der Waals surface area (Å²) in [6.07, 6.45) is 1.77. The molecule has 4 rings (SSSR count). The molecule has 0 saturated heterocycles. The van der Waals surface area contributed by atoms with Crippen LogP contribution in [-0.4, -0.2) is 48.4 Å². The van der Waals surface area contributed by atoms with Crippen LogP contribution in [0.2, 0.25) is 0 Å². The molecule has 2 N–H and O–H groups in total. The first kappa shape index (κ1) is 22.7. The Hall–Kier alpha value is -2.52. The maximum atomic E-state index is 14.6. The molecule has 2 aromatic heterocycles. The standard InChI is InChI=1S/C23H26F2N2O4S/c1-22(28,11-16-8-14-4-6-26-12-19(14)27-16)13-23(2,21(24)25)18-10-17(32(3,29)30)9-15-5-7-31-20(15)18/h4,6,8-10,12,21,27-28H,5,7,11,13H2,1-3H3. The van der Waals surface area contributed by atoms with Gasteiger partial charge in [-0.15, -0.1) is 0 Å². The molecule has 0 fully saturated rings. The van der Waals surface area contributed by atoms with Crippen molar-refractivity contribution in [3.63, 3.8) is 0 Å². The van der Waals surface area contributed by atoms with Gasteiger partial charge in [0.25, 0.3) is 0 Å². The first-order valence-electron chi connectivity index (χ1n) is 10.3. The van der Waals surface area contributed by atoms with E-state index in [4.69, 9.17) is 4.74 Å². The molecule has 3 aromatic rings. The van der Waals surface area contributed by atoms with E-state index in [2.05, 4.69) is 9.97 Å². The number of aromatic nitrogens is 2. The van der Waals surface area contributed by atoms with Crippen LogP contribution in [0.3, 0.4) is 0 Å². The second-order valence-electron chi connectivity index (χ2n) is 9.16. The number of sulfone groups is 1. The number of H-pyrrole nitrogens is 1. The number of benzene rings is 1. The van der Waals surface area contributed by atoms with E-state index in [-0.39, 0.29) is 23.3 Å². The predicted octanol–water partition coefficient (Wildman–Crippen LogP) is 3.81. The highest BCUT2D eigenvalue weighted by Gasteiger charge is 2.46. The number of alkyl halides is 2. The fourth-order valence-electron chi connectivity index (χ4n) is 4.60. The van der Waals surface area contributed by atoms with E-state index in [0.717, 1.165) is 17.2 Å². The molecule has 0 aliphatic carbocycles. The van der Waals surface area contributed by atoms with Crippen LogP contribution in [0.4, 0.5) is 8.78 Å². The highest BCUT2D eigenvalue weighted by molar-refractivity contribution is 7.90. The monoisotopic (exact) mass is 464 g/mol. The summed E-state index contributed by atoms with van der Waals surface area (Å²) in [7, 11) is -3.61. The van der Waals surface area contributed by atoms with E-state index in [1.807, 2.05) is 12.1 Å². The van der Waals surface area contributed by atoms with Crippen LogP contribution in [0.25, 0.3) is 10.9 Å². The molecule has 0 saturated carbocycles. The zero-order valence-electron chi connectivity index (χ0n) is 18.2. The van der Waals surface area contributed by atoms with Crippen LogP contribution in [0.15, 0.2) is 41.6 Å². The second kappa shape index (κ2) is 7.81. The lowest BCUT2D eigenvalue weighted by atomic mass is 9.72. The summed E-state index contributed by atoms with van der Waals surface area (Å²) in [6.45, 7) is 3.16. The summed E-state index contributed by atoms with van der Waals surface area (Å²) in [4.78, 5) is 7.19. The van der Waals surface area contributed by atoms with Gasteiger partial charge in [0.2, 0.25) is 6.43 Å². The van der Waals surface area contributed by atoms with Crippen LogP contribution in [0, 0.1) is 0 Å². The molecule has 1 aliphatic heterocycles. The Labute approximate surface area is 185 Å². The van der Waals surface area contributed by atoms with Crippen molar-refractivity contribution in [2.75, 3.05) is 12.9 Å². The van der Waals surface area contributed by atoms with E-state index >= 15 is 0 Å². The number of nitrogens with one attached hydrogen (secondary N) is 1. The van der Waals surface area contributed by atoms with E-state index < -0.39 is 27.3 Å². The molecule has 3 heterocycles. The maximum absolute atomic E-state index is 14.6. The topological polar surface area (TPSA) is 92.3 Å². The molecule has 0 amide bonds. The van der Waals surface area contributed by atoms with Crippen molar-refractivity contribution >= 4 is 20.7 Å². The first-order chi connectivity index (χ1) is 14.9. The van der Waals surface area contributed by atoms with Crippen molar-refractivity contribution in [1.29, 1.82) is 0 Å². The van der Waals surface area contributed by atoms with Gasteiger partial charge >= 0.3 is 0 Å². The van der Waals surface area contributed by atoms with Crippen molar-refractivity contribution in [3.8, 4) is 5.75 Å². The summed E-state index contributed by atoms with van der Waals surface area (Å²) < 4.78 is 59.2. The van der Waals surface area contributed by atoms with Gasteiger partial charge in [-0.2, -0.15) is 0 Å². The Morgan fingerprint density at radius 1 is 1.28 bits per heavy atom. The number of hydrogen-bond acceptors (Lipinski definition) is 5. The third-order valence-electron chi connectivity index (χ3n) is 6.08. The van der Waals surface area contributed by atoms with Gasteiger partial charge in [0.1, 0.15) is 5.75 Å². The third-order valence-corrected chi connectivity index (χ3v) is 7.17. The van der Waals surface area contributed by atoms with Crippen molar-refractivity contribution in [2.45, 2.75) is 55.4 Å². The summed E-state index contributed by atoms with van der Waals surface area (Å²) >= 11 is 0. The Balaban J connectivity index is 1.73. The molecule has 6 nitrogen and oxygen atoms in total. The predicted molar refractivity (Wildman–Crippen MR) is 117 cm³/mol. The molecule has 2 unspecified atom stereocenters. The molecular formula is C23H26F2N2O4S. The third kappa shape index (κ3) is 4.23. The van der Waals surface area contributed by atoms with Crippen LogP contribution < -0.4 is 4.74 Å². The average molecular weight is 465 g/mol. The molecule has 0 spiro atoms. The van der Waals surface area contributed by atoms with Crippen LogP contribution in [-0.2, 0) is 28.1 Å². The fourth-order valence-corrected chi connectivity index (χ4v) is 5.29. The van der Waals surface area contributed by atoms with Gasteiger partial charge < -0.3 is 14.8 Å². The Morgan fingerprint density at radius 2 is 2.03 bits per heavy atom. The summed E-state index contributed by atoms with van der Waals surface area (Å²) in [6, 6.07) is 6.45. The lowest BCUT2D eigenvalue weighted by molar-refractivity contribution is -0.0244. The molecule has 9 heteroatoms. The van der Waals surface area contributed by atoms with Gasteiger partial charge in [0.05, 0.1) is 34.2 Å². The van der Waals surface area contributed by atoms with Gasteiger partial charge in [-0.25, -0.2) is 17.2 Å². The summed E-state index contributed by atoms with van der Waals surface area (Å²) in [5.74, 6) is 0.299. The van der Waals surface area contributed by atoms with Gasteiger partial charge in [-0.3, -0.25) is 4.98 Å². The van der Waals surface area contributed by atoms with E-state index in [0.29, 0.717) is 30.0 Å². The number of fused-ring (bicyclic) bond motifs is 2. The van der Waals surface area contributed by atoms with Crippen molar-refractivity contribution in [3.05, 3.63) is 53.5 Å². The summed E-state index contributed by atoms with van der Waals surface area (Å²) in [5.41, 5.74) is -1.14. The summed E-state index contributed by atoms with van der Waals surface area (Å²) in [5, 5.41) is 12.1. The van der Waals surface area contributed by atoms with E-state index in [1.54, 1.807) is 12.4 Å². The van der Waals surface area contributed by atoms with Crippen molar-refractivity contribution in [2.24, 2.45) is 0 Å².